The van der Waals surface area contributed by atoms with Crippen LogP contribution in [-0.4, -0.2) is 74.5 Å². The summed E-state index contributed by atoms with van der Waals surface area (Å²) in [5.74, 6) is -3.08. The number of carboxylic acids is 1. The van der Waals surface area contributed by atoms with E-state index >= 15 is 8.78 Å². The van der Waals surface area contributed by atoms with Crippen molar-refractivity contribution in [3.8, 4) is 0 Å². The minimum atomic E-state index is -6.41. The monoisotopic (exact) mass is 668 g/mol. The smallest absolute Gasteiger partial charge is 0.435 e. The van der Waals surface area contributed by atoms with Crippen molar-refractivity contribution < 1.29 is 58.2 Å². The summed E-state index contributed by atoms with van der Waals surface area (Å²) in [5.41, 5.74) is -10.8. The molecule has 2 heterocycles. The number of aliphatic carboxylic acids is 1. The summed E-state index contributed by atoms with van der Waals surface area (Å²) in [6.45, 7) is -0.795. The van der Waals surface area contributed by atoms with Crippen LogP contribution in [0.2, 0.25) is 0 Å². The van der Waals surface area contributed by atoms with E-state index < -0.39 is 99.2 Å². The van der Waals surface area contributed by atoms with Crippen molar-refractivity contribution in [1.82, 2.24) is 4.90 Å². The Morgan fingerprint density at radius 2 is 1.49 bits per heavy atom. The highest BCUT2D eigenvalue weighted by atomic mass is 32.2. The molecule has 16 heteroatoms. The van der Waals surface area contributed by atoms with Gasteiger partial charge in [0.1, 0.15) is 4.75 Å². The Bertz CT molecular complexity index is 1590. The maximum absolute atomic E-state index is 16.2. The molecule has 2 fully saturated rings. The zero-order valence-corrected chi connectivity index (χ0v) is 24.4. The Kier molecular flexibility index (Phi) is 7.73. The van der Waals surface area contributed by atoms with E-state index in [1.54, 1.807) is 0 Å². The number of anilines is 1. The molecule has 2 unspecified atom stereocenters. The molecular weight excluding hydrogens is 640 g/mol. The lowest BCUT2D eigenvalue weighted by Crippen LogP contribution is -2.60. The quantitative estimate of drug-likeness (QED) is 0.413. The molecule has 2 aromatic carbocycles. The number of nitrogens with zero attached hydrogens (tertiary/aromatic N) is 2. The number of benzene rings is 2. The Morgan fingerprint density at radius 1 is 0.911 bits per heavy atom. The Morgan fingerprint density at radius 3 is 2.02 bits per heavy atom. The number of fused-ring (bicyclic) bond motifs is 3. The minimum Gasteiger partial charge on any atom is -0.481 e. The van der Waals surface area contributed by atoms with Crippen molar-refractivity contribution in [2.24, 2.45) is 5.92 Å². The zero-order valence-electron chi connectivity index (χ0n) is 23.6. The van der Waals surface area contributed by atoms with Crippen molar-refractivity contribution in [2.75, 3.05) is 25.0 Å². The average Bonchev–Trinajstić information content (AvgIpc) is 3.36. The third-order valence-electron chi connectivity index (χ3n) is 9.43. The van der Waals surface area contributed by atoms with Gasteiger partial charge in [0.05, 0.1) is 16.9 Å². The number of rotatable bonds is 5. The summed E-state index contributed by atoms with van der Waals surface area (Å²) in [6, 6.07) is 6.70. The summed E-state index contributed by atoms with van der Waals surface area (Å²) >= 11 is 0. The van der Waals surface area contributed by atoms with Gasteiger partial charge in [0, 0.05) is 31.4 Å². The molecule has 2 aliphatic heterocycles. The number of hydrogen-bond donors (Lipinski definition) is 1. The Balaban J connectivity index is 1.67. The van der Waals surface area contributed by atoms with Gasteiger partial charge >= 0.3 is 24.0 Å². The number of hydrogen-bond acceptors (Lipinski definition) is 5. The molecule has 2 aromatic rings. The van der Waals surface area contributed by atoms with Crippen molar-refractivity contribution in [3.05, 3.63) is 59.7 Å². The van der Waals surface area contributed by atoms with Crippen molar-refractivity contribution >= 4 is 27.4 Å². The van der Waals surface area contributed by atoms with Crippen LogP contribution in [-0.2, 0) is 29.8 Å². The van der Waals surface area contributed by atoms with Gasteiger partial charge in [0.25, 0.3) is 5.91 Å². The molecule has 1 saturated heterocycles. The fourth-order valence-corrected chi connectivity index (χ4v) is 9.31. The van der Waals surface area contributed by atoms with Gasteiger partial charge < -0.3 is 14.9 Å². The number of likely N-dealkylation sites (N-methyl/N-ethyl adjacent to an activating group) is 1. The number of alkyl halides is 8. The molecule has 0 radical (unpaired) electrons. The van der Waals surface area contributed by atoms with Crippen LogP contribution in [0.4, 0.5) is 40.8 Å². The Labute approximate surface area is 252 Å². The van der Waals surface area contributed by atoms with Gasteiger partial charge in [0.2, 0.25) is 0 Å². The van der Waals surface area contributed by atoms with Crippen LogP contribution in [0.15, 0.2) is 53.4 Å². The van der Waals surface area contributed by atoms with Crippen molar-refractivity contribution in [1.29, 1.82) is 0 Å². The molecule has 1 aliphatic carbocycles. The first-order valence-electron chi connectivity index (χ1n) is 13.9. The van der Waals surface area contributed by atoms with Crippen molar-refractivity contribution in [2.45, 2.75) is 71.5 Å². The van der Waals surface area contributed by atoms with E-state index in [0.29, 0.717) is 12.1 Å². The van der Waals surface area contributed by atoms with E-state index in [9.17, 15) is 49.5 Å². The first-order chi connectivity index (χ1) is 20.7. The standard InChI is InChI=1S/C29H28F8N2O5S/c1-38-16-22-26(45(43,44)19-5-3-2-4-6-19,13-14-39(22)24(42)25(30)11-9-17(10-12-25)23(40)41)20-8-7-18(15-21(20)38)27(31,28(32,33)34)29(35,36)37/h2-8,15,17,22H,9-14,16H2,1H3,(H,40,41). The molecule has 1 saturated carbocycles. The predicted octanol–water partition coefficient (Wildman–Crippen LogP) is 5.68. The predicted molar refractivity (Wildman–Crippen MR) is 143 cm³/mol. The summed E-state index contributed by atoms with van der Waals surface area (Å²) < 4.78 is 140. The molecule has 7 nitrogen and oxygen atoms in total. The lowest BCUT2D eigenvalue weighted by Gasteiger charge is -2.47. The van der Waals surface area contributed by atoms with Gasteiger partial charge in [-0.05, 0) is 55.9 Å². The fourth-order valence-electron chi connectivity index (χ4n) is 6.99. The van der Waals surface area contributed by atoms with Crippen LogP contribution in [0.1, 0.15) is 43.2 Å². The van der Waals surface area contributed by atoms with Crippen LogP contribution < -0.4 is 4.90 Å². The summed E-state index contributed by atoms with van der Waals surface area (Å²) in [6.07, 6.45) is -14.4. The third kappa shape index (κ3) is 4.76. The number of carbonyl (C=O) groups excluding carboxylic acids is 1. The molecule has 0 aromatic heterocycles. The third-order valence-corrected chi connectivity index (χ3v) is 12.0. The van der Waals surface area contributed by atoms with Gasteiger partial charge in [0.15, 0.2) is 15.5 Å². The highest BCUT2D eigenvalue weighted by Gasteiger charge is 2.74. The van der Waals surface area contributed by atoms with E-state index in [0.717, 1.165) is 9.80 Å². The summed E-state index contributed by atoms with van der Waals surface area (Å²) in [5, 5.41) is 9.29. The molecule has 0 bridgehead atoms. The number of carboxylic acid groups (broad SMARTS) is 1. The van der Waals surface area contributed by atoms with Gasteiger partial charge in [-0.25, -0.2) is 17.2 Å². The molecule has 3 aliphatic rings. The zero-order chi connectivity index (χ0) is 33.4. The average molecular weight is 669 g/mol. The van der Waals surface area contributed by atoms with E-state index in [1.807, 2.05) is 0 Å². The maximum atomic E-state index is 16.2. The largest absolute Gasteiger partial charge is 0.481 e. The molecule has 0 spiro atoms. The second-order valence-electron chi connectivity index (χ2n) is 11.8. The van der Waals surface area contributed by atoms with Crippen LogP contribution in [0.3, 0.4) is 0 Å². The normalized spacial score (nSPS) is 27.6. The second kappa shape index (κ2) is 10.6. The molecule has 5 rings (SSSR count). The first kappa shape index (κ1) is 32.9. The topological polar surface area (TPSA) is 95.0 Å². The van der Waals surface area contributed by atoms with Crippen LogP contribution in [0.25, 0.3) is 0 Å². The second-order valence-corrected chi connectivity index (χ2v) is 14.0. The lowest BCUT2D eigenvalue weighted by atomic mass is 9.78. The highest BCUT2D eigenvalue weighted by molar-refractivity contribution is 7.92. The van der Waals surface area contributed by atoms with E-state index in [1.165, 1.54) is 37.4 Å². The van der Waals surface area contributed by atoms with Crippen LogP contribution in [0.5, 0.6) is 0 Å². The summed E-state index contributed by atoms with van der Waals surface area (Å²) in [4.78, 5) is 27.0. The van der Waals surface area contributed by atoms with Gasteiger partial charge in [-0.3, -0.25) is 9.59 Å². The van der Waals surface area contributed by atoms with Crippen LogP contribution >= 0.6 is 0 Å². The number of amides is 1. The van der Waals surface area contributed by atoms with Crippen LogP contribution in [0, 0.1) is 5.92 Å². The highest BCUT2D eigenvalue weighted by Crippen LogP contribution is 2.58. The van der Waals surface area contributed by atoms with Gasteiger partial charge in [-0.15, -0.1) is 0 Å². The fraction of sp³-hybridized carbons (Fsp3) is 0.517. The van der Waals surface area contributed by atoms with Gasteiger partial charge in [-0.1, -0.05) is 30.3 Å². The molecule has 1 N–H and O–H groups in total. The maximum Gasteiger partial charge on any atom is 0.435 e. The Hall–Kier alpha value is -3.43. The van der Waals surface area contributed by atoms with E-state index in [2.05, 4.69) is 0 Å². The van der Waals surface area contributed by atoms with E-state index in [4.69, 9.17) is 0 Å². The SMILES string of the molecule is CN1CC2N(C(=O)C3(F)CCC(C(=O)O)CC3)CCC2(S(=O)(=O)c2ccccc2)c2ccc(C(F)(C(F)(F)F)C(F)(F)F)cc21. The molecule has 2 atom stereocenters. The number of sulfone groups is 1. The molecular formula is C29H28F8N2O5S. The van der Waals surface area contributed by atoms with Crippen molar-refractivity contribution in [3.63, 3.8) is 0 Å². The lowest BCUT2D eigenvalue weighted by molar-refractivity contribution is -0.348. The van der Waals surface area contributed by atoms with Gasteiger partial charge in [-0.2, -0.15) is 26.3 Å². The molecule has 1 amide bonds. The minimum absolute atomic E-state index is 0.140. The number of halogens is 8. The van der Waals surface area contributed by atoms with E-state index in [-0.39, 0.29) is 35.9 Å². The molecule has 45 heavy (non-hydrogen) atoms. The summed E-state index contributed by atoms with van der Waals surface area (Å²) in [7, 11) is -3.37. The number of likely N-dealkylation sites (tertiary alicyclic amines) is 1. The first-order valence-corrected chi connectivity index (χ1v) is 15.4. The number of carbonyl (C=O) groups is 2. The molecule has 246 valence electrons.